The van der Waals surface area contributed by atoms with Crippen LogP contribution in [0.2, 0.25) is 0 Å². The number of hydrogen-bond donors (Lipinski definition) is 0. The van der Waals surface area contributed by atoms with Crippen molar-refractivity contribution in [3.05, 3.63) is 35.9 Å². The molecule has 1 aromatic rings. The monoisotopic (exact) mass is 290 g/mol. The first-order chi connectivity index (χ1) is 10.3. The molecule has 1 aliphatic carbocycles. The molecular formula is C15H14O6. The van der Waals surface area contributed by atoms with Crippen molar-refractivity contribution in [1.29, 1.82) is 0 Å². The highest BCUT2D eigenvalue weighted by molar-refractivity contribution is 5.92. The van der Waals surface area contributed by atoms with Gasteiger partial charge >= 0.3 is 0 Å². The van der Waals surface area contributed by atoms with Crippen LogP contribution in [-0.2, 0) is 35.1 Å². The highest BCUT2D eigenvalue weighted by Crippen LogP contribution is 2.52. The molecule has 1 aromatic carbocycles. The number of Topliss-reactive ketones (excluding diaryl/α,β-unsaturated/α-hetero) is 1. The van der Waals surface area contributed by atoms with Crippen molar-refractivity contribution in [1.82, 2.24) is 0 Å². The third-order valence-electron chi connectivity index (χ3n) is 4.59. The summed E-state index contributed by atoms with van der Waals surface area (Å²) in [6.07, 6.45) is -1.94. The maximum absolute atomic E-state index is 12.4. The molecule has 6 nitrogen and oxygen atoms in total. The van der Waals surface area contributed by atoms with Crippen LogP contribution >= 0.6 is 0 Å². The lowest BCUT2D eigenvalue weighted by molar-refractivity contribution is -0.439. The number of carbonyl (C=O) groups is 1. The predicted octanol–water partition coefficient (Wildman–Crippen LogP) is 0.390. The first kappa shape index (κ1) is 12.3. The molecule has 6 rings (SSSR count). The molecule has 0 N–H and O–H groups in total. The summed E-state index contributed by atoms with van der Waals surface area (Å²) in [5, 5.41) is 0. The zero-order valence-electron chi connectivity index (χ0n) is 11.1. The van der Waals surface area contributed by atoms with E-state index in [1.807, 2.05) is 30.3 Å². The number of carbonyl (C=O) groups excluding carboxylic acids is 1. The summed E-state index contributed by atoms with van der Waals surface area (Å²) in [5.41, 5.74) is 0.385. The maximum Gasteiger partial charge on any atom is 0.273 e. The summed E-state index contributed by atoms with van der Waals surface area (Å²) in [6.45, 7) is 0.109. The Morgan fingerprint density at radius 3 is 2.76 bits per heavy atom. The number of hydrogen-bond acceptors (Lipinski definition) is 6. The Morgan fingerprint density at radius 1 is 1.19 bits per heavy atom. The van der Waals surface area contributed by atoms with E-state index in [-0.39, 0.29) is 11.9 Å². The van der Waals surface area contributed by atoms with E-state index in [0.717, 1.165) is 5.56 Å². The summed E-state index contributed by atoms with van der Waals surface area (Å²) in [6, 6.07) is 9.81. The van der Waals surface area contributed by atoms with Gasteiger partial charge in [-0.3, -0.25) is 4.79 Å². The molecule has 0 amide bonds. The number of epoxide rings is 1. The first-order valence-electron chi connectivity index (χ1n) is 7.07. The lowest BCUT2D eigenvalue weighted by Gasteiger charge is -2.54. The third-order valence-corrected chi connectivity index (χ3v) is 4.59. The molecule has 0 unspecified atom stereocenters. The minimum Gasteiger partial charge on any atom is -0.367 e. The van der Waals surface area contributed by atoms with Gasteiger partial charge in [0.05, 0.1) is 13.2 Å². The Balaban J connectivity index is 1.41. The molecule has 0 aromatic heterocycles. The van der Waals surface area contributed by atoms with Crippen LogP contribution in [0.15, 0.2) is 30.3 Å². The molecule has 1 spiro atoms. The average molecular weight is 290 g/mol. The van der Waals surface area contributed by atoms with Crippen LogP contribution in [0.4, 0.5) is 0 Å². The Kier molecular flexibility index (Phi) is 2.40. The minimum absolute atomic E-state index is 0.0960. The van der Waals surface area contributed by atoms with Gasteiger partial charge in [-0.25, -0.2) is 0 Å². The van der Waals surface area contributed by atoms with E-state index in [9.17, 15) is 4.79 Å². The van der Waals surface area contributed by atoms with E-state index in [0.29, 0.717) is 13.2 Å². The summed E-state index contributed by atoms with van der Waals surface area (Å²) in [5.74, 6) is -0.0960. The van der Waals surface area contributed by atoms with Crippen LogP contribution < -0.4 is 0 Å². The van der Waals surface area contributed by atoms with Crippen molar-refractivity contribution >= 4 is 5.78 Å². The van der Waals surface area contributed by atoms with Gasteiger partial charge in [-0.15, -0.1) is 0 Å². The molecule has 4 saturated heterocycles. The molecule has 5 aliphatic rings. The summed E-state index contributed by atoms with van der Waals surface area (Å²) in [7, 11) is 0. The van der Waals surface area contributed by atoms with E-state index in [1.165, 1.54) is 0 Å². The Labute approximate surface area is 120 Å². The standard InChI is InChI=1S/C15H14O6/c16-9-10-11(17-6-8-4-2-1-3-5-8)13-15(7-18-15)12(9)20-14(19-10)21-13/h1-5,10-14H,6-7H2/t10-,11-,12+,13-,14+,15-/m1/s1. The van der Waals surface area contributed by atoms with Gasteiger partial charge in [0.25, 0.3) is 6.48 Å². The van der Waals surface area contributed by atoms with Crippen molar-refractivity contribution in [3.63, 3.8) is 0 Å². The quantitative estimate of drug-likeness (QED) is 0.750. The lowest BCUT2D eigenvalue weighted by atomic mass is 9.77. The van der Waals surface area contributed by atoms with Crippen LogP contribution in [0.1, 0.15) is 5.56 Å². The zero-order valence-corrected chi connectivity index (χ0v) is 11.1. The summed E-state index contributed by atoms with van der Waals surface area (Å²) < 4.78 is 28.1. The second kappa shape index (κ2) is 4.12. The largest absolute Gasteiger partial charge is 0.367 e. The van der Waals surface area contributed by atoms with Crippen molar-refractivity contribution < 1.29 is 28.5 Å². The van der Waals surface area contributed by atoms with E-state index >= 15 is 0 Å². The topological polar surface area (TPSA) is 66.5 Å². The van der Waals surface area contributed by atoms with Gasteiger partial charge in [0.2, 0.25) is 0 Å². The van der Waals surface area contributed by atoms with Gasteiger partial charge < -0.3 is 23.7 Å². The number of ether oxygens (including phenoxy) is 5. The van der Waals surface area contributed by atoms with Crippen LogP contribution in [-0.4, -0.2) is 48.9 Å². The van der Waals surface area contributed by atoms with Crippen molar-refractivity contribution in [2.24, 2.45) is 0 Å². The number of ketones is 1. The van der Waals surface area contributed by atoms with Crippen LogP contribution in [0, 0.1) is 0 Å². The smallest absolute Gasteiger partial charge is 0.273 e. The molecular weight excluding hydrogens is 276 g/mol. The second-order valence-corrected chi connectivity index (χ2v) is 5.83. The molecule has 0 radical (unpaired) electrons. The summed E-state index contributed by atoms with van der Waals surface area (Å²) in [4.78, 5) is 12.4. The van der Waals surface area contributed by atoms with Gasteiger partial charge in [-0.05, 0) is 5.56 Å². The Bertz CT molecular complexity index is 583. The van der Waals surface area contributed by atoms with Crippen molar-refractivity contribution in [2.75, 3.05) is 6.61 Å². The fourth-order valence-corrected chi connectivity index (χ4v) is 3.44. The molecule has 6 heteroatoms. The predicted molar refractivity (Wildman–Crippen MR) is 67.1 cm³/mol. The normalized spacial score (nSPS) is 46.3. The van der Waals surface area contributed by atoms with E-state index in [2.05, 4.69) is 0 Å². The Morgan fingerprint density at radius 2 is 2.00 bits per heavy atom. The van der Waals surface area contributed by atoms with Gasteiger partial charge in [0, 0.05) is 0 Å². The molecule has 1 saturated carbocycles. The van der Waals surface area contributed by atoms with E-state index < -0.39 is 30.4 Å². The molecule has 4 heterocycles. The van der Waals surface area contributed by atoms with Crippen LogP contribution in [0.5, 0.6) is 0 Å². The highest BCUT2D eigenvalue weighted by Gasteiger charge is 2.75. The maximum atomic E-state index is 12.4. The Hall–Kier alpha value is -1.31. The molecule has 6 atom stereocenters. The van der Waals surface area contributed by atoms with Crippen LogP contribution in [0.3, 0.4) is 0 Å². The molecule has 4 aliphatic heterocycles. The highest BCUT2D eigenvalue weighted by atomic mass is 16.9. The molecule has 4 bridgehead atoms. The van der Waals surface area contributed by atoms with Gasteiger partial charge in [0.15, 0.2) is 23.6 Å². The third kappa shape index (κ3) is 1.62. The second-order valence-electron chi connectivity index (χ2n) is 5.83. The van der Waals surface area contributed by atoms with Gasteiger partial charge in [0.1, 0.15) is 12.2 Å². The van der Waals surface area contributed by atoms with Crippen LogP contribution in [0.25, 0.3) is 0 Å². The van der Waals surface area contributed by atoms with Gasteiger partial charge in [-0.2, -0.15) is 0 Å². The number of benzene rings is 1. The van der Waals surface area contributed by atoms with Gasteiger partial charge in [-0.1, -0.05) is 30.3 Å². The van der Waals surface area contributed by atoms with Crippen molar-refractivity contribution in [3.8, 4) is 0 Å². The summed E-state index contributed by atoms with van der Waals surface area (Å²) >= 11 is 0. The van der Waals surface area contributed by atoms with E-state index in [4.69, 9.17) is 23.7 Å². The van der Waals surface area contributed by atoms with E-state index in [1.54, 1.807) is 0 Å². The fraction of sp³-hybridized carbons (Fsp3) is 0.533. The zero-order chi connectivity index (χ0) is 14.0. The fourth-order valence-electron chi connectivity index (χ4n) is 3.44. The van der Waals surface area contributed by atoms with Crippen molar-refractivity contribution in [2.45, 2.75) is 43.1 Å². The molecule has 110 valence electrons. The minimum atomic E-state index is -0.769. The first-order valence-corrected chi connectivity index (χ1v) is 7.07. The SMILES string of the molecule is O=C1[C@H]2O[C@@H]3O[C@H]([C@@H]2OCc2ccccc2)[C@@]2(CO2)[C@H]1O3. The molecule has 21 heavy (non-hydrogen) atoms. The number of rotatable bonds is 3. The molecule has 5 fully saturated rings. The lowest BCUT2D eigenvalue weighted by Crippen LogP contribution is -2.75. The average Bonchev–Trinajstić information content (AvgIpc) is 3.30.